The van der Waals surface area contributed by atoms with Gasteiger partial charge in [0.1, 0.15) is 11.9 Å². The fourth-order valence-electron chi connectivity index (χ4n) is 2.91. The number of pyridine rings is 1. The molecule has 1 N–H and O–H groups in total. The number of ether oxygens (including phenoxy) is 1. The van der Waals surface area contributed by atoms with E-state index >= 15 is 0 Å². The highest BCUT2D eigenvalue weighted by atomic mass is 16.5. The normalized spacial score (nSPS) is 17.0. The van der Waals surface area contributed by atoms with Crippen LogP contribution in [-0.2, 0) is 4.79 Å². The fraction of sp³-hybridized carbons (Fsp3) is 0.316. The van der Waals surface area contributed by atoms with Crippen molar-refractivity contribution in [2.45, 2.75) is 25.9 Å². The average Bonchev–Trinajstić information content (AvgIpc) is 2.62. The first-order chi connectivity index (χ1) is 12.1. The third kappa shape index (κ3) is 4.56. The van der Waals surface area contributed by atoms with Gasteiger partial charge in [0.05, 0.1) is 6.54 Å². The molecular weight excluding hydrogens is 318 g/mol. The zero-order chi connectivity index (χ0) is 17.6. The smallest absolute Gasteiger partial charge is 0.253 e. The Labute approximate surface area is 146 Å². The quantitative estimate of drug-likeness (QED) is 0.930. The van der Waals surface area contributed by atoms with Crippen LogP contribution in [0.15, 0.2) is 48.8 Å². The predicted molar refractivity (Wildman–Crippen MR) is 94.5 cm³/mol. The lowest BCUT2D eigenvalue weighted by atomic mass is 10.1. The number of nitrogens with zero attached hydrogens (tertiary/aromatic N) is 2. The van der Waals surface area contributed by atoms with Gasteiger partial charge in [-0.1, -0.05) is 0 Å². The minimum absolute atomic E-state index is 0.0150. The van der Waals surface area contributed by atoms with Gasteiger partial charge in [0.25, 0.3) is 5.91 Å². The van der Waals surface area contributed by atoms with Gasteiger partial charge in [-0.25, -0.2) is 0 Å². The minimum Gasteiger partial charge on any atom is -0.488 e. The Morgan fingerprint density at radius 2 is 1.88 bits per heavy atom. The van der Waals surface area contributed by atoms with E-state index in [4.69, 9.17) is 4.74 Å². The summed E-state index contributed by atoms with van der Waals surface area (Å²) in [4.78, 5) is 29.6. The van der Waals surface area contributed by atoms with E-state index in [-0.39, 0.29) is 17.9 Å². The molecular formula is C19H21N3O3. The molecule has 0 saturated carbocycles. The van der Waals surface area contributed by atoms with E-state index in [0.29, 0.717) is 17.8 Å². The van der Waals surface area contributed by atoms with Crippen LogP contribution in [-0.4, -0.2) is 40.9 Å². The number of likely N-dealkylation sites (tertiary alicyclic amines) is 1. The van der Waals surface area contributed by atoms with Crippen LogP contribution in [0.1, 0.15) is 30.1 Å². The second kappa shape index (κ2) is 7.79. The number of carbonyl (C=O) groups is 2. The number of hydrogen-bond acceptors (Lipinski definition) is 4. The molecule has 130 valence electrons. The number of nitrogens with one attached hydrogen (secondary N) is 1. The molecule has 2 amide bonds. The molecule has 1 saturated heterocycles. The maximum absolute atomic E-state index is 12.7. The van der Waals surface area contributed by atoms with Crippen molar-refractivity contribution in [3.63, 3.8) is 0 Å². The molecule has 6 heteroatoms. The topological polar surface area (TPSA) is 71.5 Å². The second-order valence-electron chi connectivity index (χ2n) is 6.07. The first-order valence-corrected chi connectivity index (χ1v) is 8.35. The van der Waals surface area contributed by atoms with E-state index in [2.05, 4.69) is 10.3 Å². The first kappa shape index (κ1) is 17.0. The summed E-state index contributed by atoms with van der Waals surface area (Å²) in [6.45, 7) is 2.74. The van der Waals surface area contributed by atoms with E-state index in [1.165, 1.54) is 6.92 Å². The summed E-state index contributed by atoms with van der Waals surface area (Å²) >= 11 is 0. The highest BCUT2D eigenvalue weighted by Gasteiger charge is 2.25. The van der Waals surface area contributed by atoms with Crippen LogP contribution < -0.4 is 10.1 Å². The number of amides is 2. The predicted octanol–water partition coefficient (Wildman–Crippen LogP) is 2.72. The molecule has 0 spiro atoms. The van der Waals surface area contributed by atoms with Gasteiger partial charge in [-0.2, -0.15) is 0 Å². The molecule has 1 fully saturated rings. The van der Waals surface area contributed by atoms with Crippen LogP contribution in [0, 0.1) is 0 Å². The standard InChI is InChI=1S/C19H21N3O3/c1-14(23)21-16-6-4-15(5-7-16)19(24)22-12-2-3-18(13-22)25-17-8-10-20-11-9-17/h4-11,18H,2-3,12-13H2,1H3,(H,21,23). The summed E-state index contributed by atoms with van der Waals surface area (Å²) in [5, 5.41) is 2.70. The van der Waals surface area contributed by atoms with Crippen LogP contribution >= 0.6 is 0 Å². The Hall–Kier alpha value is -2.89. The first-order valence-electron chi connectivity index (χ1n) is 8.35. The molecule has 2 heterocycles. The Morgan fingerprint density at radius 3 is 2.56 bits per heavy atom. The second-order valence-corrected chi connectivity index (χ2v) is 6.07. The number of anilines is 1. The SMILES string of the molecule is CC(=O)Nc1ccc(C(=O)N2CCCC(Oc3ccncc3)C2)cc1. The van der Waals surface area contributed by atoms with Crippen molar-refractivity contribution >= 4 is 17.5 Å². The molecule has 1 aliphatic rings. The zero-order valence-corrected chi connectivity index (χ0v) is 14.1. The van der Waals surface area contributed by atoms with Crippen molar-refractivity contribution < 1.29 is 14.3 Å². The molecule has 0 bridgehead atoms. The van der Waals surface area contributed by atoms with Crippen molar-refractivity contribution in [1.82, 2.24) is 9.88 Å². The molecule has 0 radical (unpaired) electrons. The minimum atomic E-state index is -0.133. The summed E-state index contributed by atoms with van der Waals surface area (Å²) in [6, 6.07) is 10.6. The lowest BCUT2D eigenvalue weighted by Gasteiger charge is -2.33. The Morgan fingerprint density at radius 1 is 1.16 bits per heavy atom. The molecule has 1 unspecified atom stereocenters. The van der Waals surface area contributed by atoms with Crippen LogP contribution in [0.3, 0.4) is 0 Å². The molecule has 3 rings (SSSR count). The number of benzene rings is 1. The maximum atomic E-state index is 12.7. The summed E-state index contributed by atoms with van der Waals surface area (Å²) < 4.78 is 5.95. The van der Waals surface area contributed by atoms with Crippen molar-refractivity contribution in [2.75, 3.05) is 18.4 Å². The van der Waals surface area contributed by atoms with Crippen LogP contribution in [0.2, 0.25) is 0 Å². The maximum Gasteiger partial charge on any atom is 0.253 e. The molecule has 2 aromatic rings. The van der Waals surface area contributed by atoms with Crippen molar-refractivity contribution in [3.8, 4) is 5.75 Å². The van der Waals surface area contributed by atoms with Gasteiger partial charge in [-0.15, -0.1) is 0 Å². The summed E-state index contributed by atoms with van der Waals surface area (Å²) in [5.74, 6) is 0.623. The van der Waals surface area contributed by atoms with Crippen LogP contribution in [0.25, 0.3) is 0 Å². The van der Waals surface area contributed by atoms with Gasteiger partial charge in [0.2, 0.25) is 5.91 Å². The third-order valence-corrected chi connectivity index (χ3v) is 4.07. The van der Waals surface area contributed by atoms with E-state index in [1.54, 1.807) is 36.7 Å². The van der Waals surface area contributed by atoms with Crippen LogP contribution in [0.5, 0.6) is 5.75 Å². The molecule has 0 aliphatic carbocycles. The Balaban J connectivity index is 1.62. The average molecular weight is 339 g/mol. The molecule has 1 atom stereocenters. The molecule has 1 aromatic carbocycles. The van der Waals surface area contributed by atoms with Gasteiger partial charge in [-0.3, -0.25) is 14.6 Å². The number of carbonyl (C=O) groups excluding carboxylic acids is 2. The summed E-state index contributed by atoms with van der Waals surface area (Å²) in [6.07, 6.45) is 5.20. The van der Waals surface area contributed by atoms with Gasteiger partial charge in [0, 0.05) is 37.1 Å². The van der Waals surface area contributed by atoms with Crippen molar-refractivity contribution in [2.24, 2.45) is 0 Å². The Kier molecular flexibility index (Phi) is 5.28. The van der Waals surface area contributed by atoms with Gasteiger partial charge in [0.15, 0.2) is 0 Å². The Bertz CT molecular complexity index is 731. The van der Waals surface area contributed by atoms with Gasteiger partial charge in [-0.05, 0) is 49.2 Å². The van der Waals surface area contributed by atoms with E-state index in [0.717, 1.165) is 25.1 Å². The number of hydrogen-bond donors (Lipinski definition) is 1. The highest BCUT2D eigenvalue weighted by Crippen LogP contribution is 2.20. The monoisotopic (exact) mass is 339 g/mol. The highest BCUT2D eigenvalue weighted by molar-refractivity contribution is 5.95. The number of aromatic nitrogens is 1. The van der Waals surface area contributed by atoms with E-state index in [1.807, 2.05) is 17.0 Å². The summed E-state index contributed by atoms with van der Waals surface area (Å²) in [5.41, 5.74) is 1.29. The fourth-order valence-corrected chi connectivity index (χ4v) is 2.91. The molecule has 25 heavy (non-hydrogen) atoms. The van der Waals surface area contributed by atoms with E-state index < -0.39 is 0 Å². The van der Waals surface area contributed by atoms with Gasteiger partial charge < -0.3 is 15.0 Å². The number of piperidine rings is 1. The molecule has 1 aliphatic heterocycles. The zero-order valence-electron chi connectivity index (χ0n) is 14.1. The molecule has 1 aromatic heterocycles. The van der Waals surface area contributed by atoms with Crippen molar-refractivity contribution in [1.29, 1.82) is 0 Å². The lowest BCUT2D eigenvalue weighted by molar-refractivity contribution is -0.114. The number of rotatable bonds is 4. The third-order valence-electron chi connectivity index (χ3n) is 4.07. The van der Waals surface area contributed by atoms with Crippen molar-refractivity contribution in [3.05, 3.63) is 54.4 Å². The van der Waals surface area contributed by atoms with Gasteiger partial charge >= 0.3 is 0 Å². The van der Waals surface area contributed by atoms with Crippen LogP contribution in [0.4, 0.5) is 5.69 Å². The van der Waals surface area contributed by atoms with E-state index in [9.17, 15) is 9.59 Å². The summed E-state index contributed by atoms with van der Waals surface area (Å²) in [7, 11) is 0. The largest absolute Gasteiger partial charge is 0.488 e. The molecule has 6 nitrogen and oxygen atoms in total. The lowest BCUT2D eigenvalue weighted by Crippen LogP contribution is -2.44.